The monoisotopic (exact) mass is 277 g/mol. The predicted octanol–water partition coefficient (Wildman–Crippen LogP) is 4.19. The van der Waals surface area contributed by atoms with Crippen LogP contribution in [-0.2, 0) is 0 Å². The average Bonchev–Trinajstić information content (AvgIpc) is 2.55. The van der Waals surface area contributed by atoms with Gasteiger partial charge in [-0.2, -0.15) is 0 Å². The van der Waals surface area contributed by atoms with E-state index in [0.29, 0.717) is 16.5 Å². The number of hydrogen-bond donors (Lipinski definition) is 0. The molecule has 0 aliphatic rings. The summed E-state index contributed by atoms with van der Waals surface area (Å²) >= 11 is 0. The highest BCUT2D eigenvalue weighted by atomic mass is 16.3. The van der Waals surface area contributed by atoms with Crippen LogP contribution in [0.15, 0.2) is 75.2 Å². The fourth-order valence-corrected chi connectivity index (χ4v) is 2.28. The third-order valence-electron chi connectivity index (χ3n) is 3.28. The van der Waals surface area contributed by atoms with Gasteiger partial charge in [-0.3, -0.25) is 4.79 Å². The molecule has 0 radical (unpaired) electrons. The molecule has 0 saturated carbocycles. The highest BCUT2D eigenvalue weighted by molar-refractivity contribution is 5.76. The maximum absolute atomic E-state index is 12.6. The van der Waals surface area contributed by atoms with Crippen molar-refractivity contribution < 1.29 is 4.42 Å². The van der Waals surface area contributed by atoms with Crippen molar-refractivity contribution >= 4 is 11.0 Å². The molecule has 3 aromatic rings. The standard InChI is InChI=1S/C16H11N3O2/c17-19-18-15(11-6-2-1-3-7-11)13-10-21-14-9-5-4-8-12(14)16(13)20/h1-10,15H. The van der Waals surface area contributed by atoms with Crippen molar-refractivity contribution in [3.05, 3.63) is 92.7 Å². The van der Waals surface area contributed by atoms with Gasteiger partial charge in [-0.25, -0.2) is 0 Å². The topological polar surface area (TPSA) is 79.0 Å². The van der Waals surface area contributed by atoms with Crippen molar-refractivity contribution in [3.8, 4) is 0 Å². The van der Waals surface area contributed by atoms with Crippen LogP contribution in [0.4, 0.5) is 0 Å². The Hall–Kier alpha value is -3.04. The van der Waals surface area contributed by atoms with E-state index in [-0.39, 0.29) is 5.43 Å². The first-order valence-corrected chi connectivity index (χ1v) is 6.41. The molecule has 102 valence electrons. The summed E-state index contributed by atoms with van der Waals surface area (Å²) in [6, 6.07) is 15.4. The molecule has 1 aromatic heterocycles. The Morgan fingerprint density at radius 2 is 1.76 bits per heavy atom. The van der Waals surface area contributed by atoms with E-state index in [1.54, 1.807) is 24.3 Å². The van der Waals surface area contributed by atoms with Gasteiger partial charge in [-0.1, -0.05) is 47.6 Å². The molecule has 0 saturated heterocycles. The SMILES string of the molecule is [N-]=[N+]=NC(c1ccccc1)c1coc2ccccc2c1=O. The Labute approximate surface area is 120 Å². The van der Waals surface area contributed by atoms with Crippen molar-refractivity contribution in [2.24, 2.45) is 5.11 Å². The summed E-state index contributed by atoms with van der Waals surface area (Å²) < 4.78 is 5.49. The molecule has 0 amide bonds. The number of hydrogen-bond acceptors (Lipinski definition) is 3. The van der Waals surface area contributed by atoms with E-state index in [2.05, 4.69) is 10.0 Å². The van der Waals surface area contributed by atoms with Gasteiger partial charge in [0.25, 0.3) is 0 Å². The van der Waals surface area contributed by atoms with Gasteiger partial charge < -0.3 is 4.42 Å². The van der Waals surface area contributed by atoms with Crippen LogP contribution in [0, 0.1) is 0 Å². The number of benzene rings is 2. The molecule has 1 unspecified atom stereocenters. The maximum atomic E-state index is 12.6. The highest BCUT2D eigenvalue weighted by Crippen LogP contribution is 2.25. The summed E-state index contributed by atoms with van der Waals surface area (Å²) in [7, 11) is 0. The first-order valence-electron chi connectivity index (χ1n) is 6.41. The van der Waals surface area contributed by atoms with E-state index in [4.69, 9.17) is 9.95 Å². The van der Waals surface area contributed by atoms with E-state index in [1.807, 2.05) is 30.3 Å². The third-order valence-corrected chi connectivity index (χ3v) is 3.28. The van der Waals surface area contributed by atoms with Crippen molar-refractivity contribution in [2.45, 2.75) is 6.04 Å². The summed E-state index contributed by atoms with van der Waals surface area (Å²) in [5.41, 5.74) is 10.2. The minimum absolute atomic E-state index is 0.182. The van der Waals surface area contributed by atoms with Crippen LogP contribution >= 0.6 is 0 Å². The Kier molecular flexibility index (Phi) is 3.41. The highest BCUT2D eigenvalue weighted by Gasteiger charge is 2.18. The molecule has 1 atom stereocenters. The van der Waals surface area contributed by atoms with Crippen LogP contribution in [0.2, 0.25) is 0 Å². The van der Waals surface area contributed by atoms with E-state index in [1.165, 1.54) is 6.26 Å². The van der Waals surface area contributed by atoms with Crippen LogP contribution in [0.1, 0.15) is 17.2 Å². The maximum Gasteiger partial charge on any atom is 0.196 e. The molecule has 5 heteroatoms. The lowest BCUT2D eigenvalue weighted by molar-refractivity contribution is 0.586. The lowest BCUT2D eigenvalue weighted by Gasteiger charge is -2.11. The van der Waals surface area contributed by atoms with Crippen molar-refractivity contribution in [2.75, 3.05) is 0 Å². The molecule has 0 aliphatic heterocycles. The molecule has 0 N–H and O–H groups in total. The first-order chi connectivity index (χ1) is 10.3. The van der Waals surface area contributed by atoms with Crippen LogP contribution in [0.3, 0.4) is 0 Å². The Morgan fingerprint density at radius 1 is 1.05 bits per heavy atom. The molecule has 0 aliphatic carbocycles. The number of azide groups is 1. The van der Waals surface area contributed by atoms with E-state index in [0.717, 1.165) is 5.56 Å². The quantitative estimate of drug-likeness (QED) is 0.408. The van der Waals surface area contributed by atoms with Crippen LogP contribution in [0.25, 0.3) is 21.4 Å². The van der Waals surface area contributed by atoms with Gasteiger partial charge in [-0.05, 0) is 23.2 Å². The average molecular weight is 277 g/mol. The van der Waals surface area contributed by atoms with E-state index >= 15 is 0 Å². The van der Waals surface area contributed by atoms with Crippen molar-refractivity contribution in [3.63, 3.8) is 0 Å². The van der Waals surface area contributed by atoms with Crippen molar-refractivity contribution in [1.29, 1.82) is 0 Å². The van der Waals surface area contributed by atoms with Crippen LogP contribution in [0.5, 0.6) is 0 Å². The second kappa shape index (κ2) is 5.53. The normalized spacial score (nSPS) is 11.8. The molecule has 3 rings (SSSR count). The molecular weight excluding hydrogens is 266 g/mol. The van der Waals surface area contributed by atoms with Gasteiger partial charge in [-0.15, -0.1) is 0 Å². The second-order valence-electron chi connectivity index (χ2n) is 4.53. The Bertz CT molecular complexity index is 881. The number of para-hydroxylation sites is 1. The van der Waals surface area contributed by atoms with E-state index < -0.39 is 6.04 Å². The molecule has 0 bridgehead atoms. The second-order valence-corrected chi connectivity index (χ2v) is 4.53. The van der Waals surface area contributed by atoms with Gasteiger partial charge in [0.1, 0.15) is 5.58 Å². The van der Waals surface area contributed by atoms with Gasteiger partial charge in [0.2, 0.25) is 0 Å². The van der Waals surface area contributed by atoms with Crippen LogP contribution in [-0.4, -0.2) is 0 Å². The number of nitrogens with zero attached hydrogens (tertiary/aromatic N) is 3. The molecule has 2 aromatic carbocycles. The predicted molar refractivity (Wildman–Crippen MR) is 79.9 cm³/mol. The molecular formula is C16H11N3O2. The summed E-state index contributed by atoms with van der Waals surface area (Å²) in [5.74, 6) is 0. The molecule has 1 heterocycles. The van der Waals surface area contributed by atoms with E-state index in [9.17, 15) is 4.79 Å². The lowest BCUT2D eigenvalue weighted by atomic mass is 10.00. The molecule has 21 heavy (non-hydrogen) atoms. The summed E-state index contributed by atoms with van der Waals surface area (Å²) in [6.07, 6.45) is 1.37. The number of rotatable bonds is 3. The van der Waals surface area contributed by atoms with Gasteiger partial charge >= 0.3 is 0 Å². The largest absolute Gasteiger partial charge is 0.464 e. The Balaban J connectivity index is 2.24. The molecule has 5 nitrogen and oxygen atoms in total. The lowest BCUT2D eigenvalue weighted by Crippen LogP contribution is -2.13. The zero-order valence-corrected chi connectivity index (χ0v) is 11.0. The molecule has 0 fully saturated rings. The smallest absolute Gasteiger partial charge is 0.196 e. The minimum atomic E-state index is -0.697. The van der Waals surface area contributed by atoms with Gasteiger partial charge in [0.15, 0.2) is 5.43 Å². The minimum Gasteiger partial charge on any atom is -0.464 e. The zero-order valence-electron chi connectivity index (χ0n) is 11.0. The fourth-order valence-electron chi connectivity index (χ4n) is 2.28. The van der Waals surface area contributed by atoms with Crippen molar-refractivity contribution in [1.82, 2.24) is 0 Å². The van der Waals surface area contributed by atoms with Gasteiger partial charge in [0, 0.05) is 10.5 Å². The third kappa shape index (κ3) is 2.38. The summed E-state index contributed by atoms with van der Waals surface area (Å²) in [4.78, 5) is 15.4. The van der Waals surface area contributed by atoms with Crippen LogP contribution < -0.4 is 5.43 Å². The summed E-state index contributed by atoms with van der Waals surface area (Å²) in [5, 5.41) is 4.23. The fraction of sp³-hybridized carbons (Fsp3) is 0.0625. The Morgan fingerprint density at radius 3 is 2.52 bits per heavy atom. The summed E-state index contributed by atoms with van der Waals surface area (Å²) in [6.45, 7) is 0. The first kappa shape index (κ1) is 13.0. The van der Waals surface area contributed by atoms with Gasteiger partial charge in [0.05, 0.1) is 17.7 Å². The number of fused-ring (bicyclic) bond motifs is 1. The molecule has 0 spiro atoms. The zero-order chi connectivity index (χ0) is 14.7.